The number of benzene rings is 1. The molecule has 31 heavy (non-hydrogen) atoms. The molecule has 168 valence electrons. The molecule has 8 heteroatoms. The minimum absolute atomic E-state index is 0.00776. The molecular formula is C23H29NO7. The van der Waals surface area contributed by atoms with Gasteiger partial charge in [-0.15, -0.1) is 0 Å². The Morgan fingerprint density at radius 3 is 2.71 bits per heavy atom. The van der Waals surface area contributed by atoms with Gasteiger partial charge in [0.25, 0.3) is 0 Å². The van der Waals surface area contributed by atoms with Crippen LogP contribution in [0.4, 0.5) is 0 Å². The minimum Gasteiger partial charge on any atom is -0.493 e. The number of fused-ring (bicyclic) bond motifs is 1. The number of likely N-dealkylation sites (tertiary alicyclic amines) is 1. The van der Waals surface area contributed by atoms with E-state index in [4.69, 9.17) is 19.3 Å². The summed E-state index contributed by atoms with van der Waals surface area (Å²) in [6.07, 6.45) is -0.105. The Morgan fingerprint density at radius 2 is 2.03 bits per heavy atom. The number of ketones is 1. The van der Waals surface area contributed by atoms with Gasteiger partial charge in [0.2, 0.25) is 0 Å². The fourth-order valence-electron chi connectivity index (χ4n) is 5.92. The first-order chi connectivity index (χ1) is 14.7. The first-order valence-electron chi connectivity index (χ1n) is 10.7. The molecule has 1 aromatic carbocycles. The molecule has 0 radical (unpaired) electrons. The van der Waals surface area contributed by atoms with Crippen LogP contribution in [0.3, 0.4) is 0 Å². The van der Waals surface area contributed by atoms with Crippen molar-refractivity contribution in [3.8, 4) is 11.5 Å². The molecule has 3 aliphatic rings. The van der Waals surface area contributed by atoms with Gasteiger partial charge in [-0.25, -0.2) is 0 Å². The highest BCUT2D eigenvalue weighted by molar-refractivity contribution is 5.90. The zero-order valence-electron chi connectivity index (χ0n) is 18.4. The van der Waals surface area contributed by atoms with Crippen LogP contribution in [0, 0.1) is 6.92 Å². The number of aliphatic carboxylic acids is 1. The molecule has 1 N–H and O–H groups in total. The van der Waals surface area contributed by atoms with E-state index in [-0.39, 0.29) is 31.1 Å². The van der Waals surface area contributed by atoms with Gasteiger partial charge in [0.05, 0.1) is 25.4 Å². The number of carboxylic acid groups (broad SMARTS) is 1. The molecule has 1 unspecified atom stereocenters. The quantitative estimate of drug-likeness (QED) is 0.708. The second kappa shape index (κ2) is 7.51. The normalized spacial score (nSPS) is 31.8. The number of carbonyl (C=O) groups excluding carboxylic acids is 2. The Hall–Kier alpha value is -2.61. The third kappa shape index (κ3) is 2.95. The number of carbonyl (C=O) groups is 3. The summed E-state index contributed by atoms with van der Waals surface area (Å²) in [5, 5.41) is 9.01. The zero-order chi connectivity index (χ0) is 22.6. The van der Waals surface area contributed by atoms with Gasteiger partial charge in [-0.1, -0.05) is 6.07 Å². The Morgan fingerprint density at radius 1 is 1.29 bits per heavy atom. The molecule has 4 rings (SSSR count). The highest BCUT2D eigenvalue weighted by atomic mass is 16.6. The lowest BCUT2D eigenvalue weighted by molar-refractivity contribution is -0.208. The van der Waals surface area contributed by atoms with Crippen LogP contribution in [0.25, 0.3) is 0 Å². The summed E-state index contributed by atoms with van der Waals surface area (Å²) in [4.78, 5) is 39.1. The van der Waals surface area contributed by atoms with E-state index in [9.17, 15) is 14.4 Å². The van der Waals surface area contributed by atoms with E-state index >= 15 is 0 Å². The lowest BCUT2D eigenvalue weighted by Crippen LogP contribution is -2.74. The number of nitrogens with zero attached hydrogens (tertiary/aromatic N) is 1. The van der Waals surface area contributed by atoms with Crippen LogP contribution in [0.2, 0.25) is 0 Å². The second-order valence-corrected chi connectivity index (χ2v) is 8.89. The number of aryl methyl sites for hydroxylation is 1. The summed E-state index contributed by atoms with van der Waals surface area (Å²) in [6.45, 7) is 4.68. The third-order valence-corrected chi connectivity index (χ3v) is 7.50. The molecular weight excluding hydrogens is 402 g/mol. The predicted octanol–water partition coefficient (Wildman–Crippen LogP) is 2.24. The van der Waals surface area contributed by atoms with Crippen molar-refractivity contribution in [1.82, 2.24) is 4.90 Å². The maximum Gasteiger partial charge on any atom is 0.307 e. The summed E-state index contributed by atoms with van der Waals surface area (Å²) >= 11 is 0. The zero-order valence-corrected chi connectivity index (χ0v) is 18.4. The number of esters is 1. The van der Waals surface area contributed by atoms with Crippen LogP contribution in [0.15, 0.2) is 12.1 Å². The van der Waals surface area contributed by atoms with Gasteiger partial charge in [0.15, 0.2) is 23.4 Å². The Balaban J connectivity index is 1.91. The van der Waals surface area contributed by atoms with Crippen molar-refractivity contribution in [3.05, 3.63) is 23.3 Å². The fourth-order valence-corrected chi connectivity index (χ4v) is 5.92. The van der Waals surface area contributed by atoms with Gasteiger partial charge in [-0.05, 0) is 51.9 Å². The van der Waals surface area contributed by atoms with Gasteiger partial charge < -0.3 is 19.3 Å². The number of hydrogen-bond donors (Lipinski definition) is 1. The number of ether oxygens (including phenoxy) is 3. The maximum atomic E-state index is 13.1. The lowest BCUT2D eigenvalue weighted by Gasteiger charge is -2.60. The molecule has 1 aromatic rings. The number of likely N-dealkylation sites (N-methyl/N-ethyl adjacent to an activating group) is 1. The highest BCUT2D eigenvalue weighted by Crippen LogP contribution is 2.63. The fraction of sp³-hybridized carbons (Fsp3) is 0.609. The summed E-state index contributed by atoms with van der Waals surface area (Å²) < 4.78 is 18.1. The topological polar surface area (TPSA) is 102 Å². The van der Waals surface area contributed by atoms with Crippen LogP contribution in [0.5, 0.6) is 11.5 Å². The van der Waals surface area contributed by atoms with E-state index in [2.05, 4.69) is 4.90 Å². The van der Waals surface area contributed by atoms with Gasteiger partial charge in [0.1, 0.15) is 5.60 Å². The predicted molar refractivity (Wildman–Crippen MR) is 110 cm³/mol. The monoisotopic (exact) mass is 431 g/mol. The molecule has 0 aromatic heterocycles. The van der Waals surface area contributed by atoms with Crippen LogP contribution in [0.1, 0.15) is 50.2 Å². The number of carboxylic acids is 1. The first kappa shape index (κ1) is 21.6. The van der Waals surface area contributed by atoms with Crippen molar-refractivity contribution in [2.24, 2.45) is 0 Å². The molecule has 2 fully saturated rings. The Labute approximate surface area is 181 Å². The van der Waals surface area contributed by atoms with Crippen LogP contribution in [-0.4, -0.2) is 66.2 Å². The standard InChI is InChI=1S/C23H29NO7/c1-13-5-6-16(29-4)20-19(13)22-11-12-24(3)14(2)23(22,10-9-15(25)21(22)30-20)31-18(28)8-7-17(26)27/h5-6,14,21H,7-12H2,1-4H3,(H,26,27)/t14?,21-,22-,23+/m0/s1. The van der Waals surface area contributed by atoms with Crippen LogP contribution < -0.4 is 9.47 Å². The molecule has 1 saturated carbocycles. The van der Waals surface area contributed by atoms with E-state index in [0.717, 1.165) is 11.1 Å². The van der Waals surface area contributed by atoms with Crippen molar-refractivity contribution in [1.29, 1.82) is 0 Å². The average molecular weight is 431 g/mol. The molecule has 2 heterocycles. The van der Waals surface area contributed by atoms with E-state index in [1.165, 1.54) is 0 Å². The first-order valence-corrected chi connectivity index (χ1v) is 10.7. The molecule has 0 amide bonds. The average Bonchev–Trinajstić information content (AvgIpc) is 3.10. The molecule has 1 saturated heterocycles. The summed E-state index contributed by atoms with van der Waals surface area (Å²) in [5.74, 6) is -0.525. The minimum atomic E-state index is -1.05. The van der Waals surface area contributed by atoms with Gasteiger partial charge in [-0.3, -0.25) is 19.3 Å². The smallest absolute Gasteiger partial charge is 0.307 e. The van der Waals surface area contributed by atoms with E-state index in [0.29, 0.717) is 30.9 Å². The molecule has 1 spiro atoms. The van der Waals surface area contributed by atoms with Crippen molar-refractivity contribution >= 4 is 17.7 Å². The second-order valence-electron chi connectivity index (χ2n) is 8.89. The van der Waals surface area contributed by atoms with Crippen molar-refractivity contribution in [2.75, 3.05) is 20.7 Å². The number of piperidine rings is 1. The molecule has 2 aliphatic heterocycles. The third-order valence-electron chi connectivity index (χ3n) is 7.50. The van der Waals surface area contributed by atoms with Crippen molar-refractivity contribution < 1.29 is 33.7 Å². The molecule has 8 nitrogen and oxygen atoms in total. The Bertz CT molecular complexity index is 944. The number of hydrogen-bond acceptors (Lipinski definition) is 7. The number of rotatable bonds is 5. The number of Topliss-reactive ketones (excluding diaryl/α,β-unsaturated/α-hetero) is 1. The van der Waals surface area contributed by atoms with Crippen LogP contribution in [-0.2, 0) is 24.5 Å². The molecule has 0 bridgehead atoms. The molecule has 4 atom stereocenters. The maximum absolute atomic E-state index is 13.1. The summed E-state index contributed by atoms with van der Waals surface area (Å²) in [5.41, 5.74) is -0.0379. The number of methoxy groups -OCH3 is 1. The van der Waals surface area contributed by atoms with Crippen LogP contribution >= 0.6 is 0 Å². The van der Waals surface area contributed by atoms with E-state index < -0.39 is 29.1 Å². The van der Waals surface area contributed by atoms with E-state index in [1.54, 1.807) is 7.11 Å². The summed E-state index contributed by atoms with van der Waals surface area (Å²) in [7, 11) is 3.54. The largest absolute Gasteiger partial charge is 0.493 e. The van der Waals surface area contributed by atoms with E-state index in [1.807, 2.05) is 33.0 Å². The SMILES string of the molecule is COc1ccc(C)c2c1O[C@H]1C(=O)CC[C@@]3(OC(=O)CCC(=O)O)C(C)N(C)CC[C@]213. The van der Waals surface area contributed by atoms with Gasteiger partial charge in [0, 0.05) is 18.0 Å². The highest BCUT2D eigenvalue weighted by Gasteiger charge is 2.72. The van der Waals surface area contributed by atoms with Crippen molar-refractivity contribution in [3.63, 3.8) is 0 Å². The molecule has 1 aliphatic carbocycles. The van der Waals surface area contributed by atoms with Crippen molar-refractivity contribution in [2.45, 2.75) is 69.1 Å². The summed E-state index contributed by atoms with van der Waals surface area (Å²) in [6, 6.07) is 3.58. The van der Waals surface area contributed by atoms with Gasteiger partial charge in [-0.2, -0.15) is 0 Å². The lowest BCUT2D eigenvalue weighted by atomic mass is 9.52. The van der Waals surface area contributed by atoms with Gasteiger partial charge >= 0.3 is 11.9 Å². The Kier molecular flexibility index (Phi) is 5.24.